The van der Waals surface area contributed by atoms with Crippen molar-refractivity contribution in [3.05, 3.63) is 110 Å². The van der Waals surface area contributed by atoms with Crippen LogP contribution >= 0.6 is 22.9 Å². The van der Waals surface area contributed by atoms with Gasteiger partial charge < -0.3 is 5.73 Å². The predicted octanol–water partition coefficient (Wildman–Crippen LogP) is 6.66. The van der Waals surface area contributed by atoms with Gasteiger partial charge in [-0.25, -0.2) is 0 Å². The van der Waals surface area contributed by atoms with E-state index in [-0.39, 0.29) is 11.7 Å². The lowest BCUT2D eigenvalue weighted by Crippen LogP contribution is -2.40. The van der Waals surface area contributed by atoms with Crippen LogP contribution in [-0.4, -0.2) is 5.78 Å². The van der Waals surface area contributed by atoms with E-state index in [1.54, 1.807) is 17.4 Å². The second kappa shape index (κ2) is 9.13. The zero-order chi connectivity index (χ0) is 23.8. The molecule has 0 fully saturated rings. The van der Waals surface area contributed by atoms with Gasteiger partial charge in [-0.3, -0.25) is 9.69 Å². The molecular weight excluding hydrogens is 462 g/mol. The number of anilines is 1. The first-order valence-electron chi connectivity index (χ1n) is 11.4. The molecule has 0 bridgehead atoms. The molecule has 5 rings (SSSR count). The van der Waals surface area contributed by atoms with E-state index in [2.05, 4.69) is 31.2 Å². The Morgan fingerprint density at radius 3 is 2.50 bits per heavy atom. The summed E-state index contributed by atoms with van der Waals surface area (Å²) in [6.07, 6.45) is 1.94. The van der Waals surface area contributed by atoms with E-state index in [0.717, 1.165) is 22.6 Å². The van der Waals surface area contributed by atoms with E-state index in [0.29, 0.717) is 40.5 Å². The average molecular weight is 486 g/mol. The maximum absolute atomic E-state index is 13.8. The quantitative estimate of drug-likeness (QED) is 0.448. The van der Waals surface area contributed by atoms with Gasteiger partial charge in [0.05, 0.1) is 28.3 Å². The molecule has 3 aromatic rings. The van der Waals surface area contributed by atoms with E-state index in [4.69, 9.17) is 17.3 Å². The van der Waals surface area contributed by atoms with Crippen LogP contribution in [0.25, 0.3) is 0 Å². The SMILES string of the molecule is CCc1ccc([C@@H]2C(C#N)=C(N)N(c3ccccc3Cl)C3=C2C(=O)C[C@H](c2ccccc2)C3)s1. The summed E-state index contributed by atoms with van der Waals surface area (Å²) in [6.45, 7) is 2.10. The molecule has 0 spiro atoms. The van der Waals surface area contributed by atoms with Crippen molar-refractivity contribution in [1.82, 2.24) is 0 Å². The molecule has 0 radical (unpaired) electrons. The molecule has 1 aliphatic heterocycles. The Morgan fingerprint density at radius 1 is 1.09 bits per heavy atom. The lowest BCUT2D eigenvalue weighted by atomic mass is 9.73. The fourth-order valence-corrected chi connectivity index (χ4v) is 6.32. The van der Waals surface area contributed by atoms with Crippen molar-refractivity contribution in [2.24, 2.45) is 5.73 Å². The number of nitrogens with two attached hydrogens (primary N) is 1. The van der Waals surface area contributed by atoms with Crippen molar-refractivity contribution in [3.8, 4) is 6.07 Å². The third-order valence-electron chi connectivity index (χ3n) is 6.65. The molecule has 1 aromatic heterocycles. The Kier molecular flexibility index (Phi) is 6.03. The van der Waals surface area contributed by atoms with Gasteiger partial charge in [0.25, 0.3) is 0 Å². The molecule has 2 N–H and O–H groups in total. The van der Waals surface area contributed by atoms with Crippen LogP contribution in [0.2, 0.25) is 5.02 Å². The summed E-state index contributed by atoms with van der Waals surface area (Å²) >= 11 is 8.25. The zero-order valence-corrected chi connectivity index (χ0v) is 20.4. The molecule has 2 atom stereocenters. The summed E-state index contributed by atoms with van der Waals surface area (Å²) in [5.74, 6) is -0.0199. The maximum atomic E-state index is 13.8. The minimum Gasteiger partial charge on any atom is -0.384 e. The van der Waals surface area contributed by atoms with Gasteiger partial charge in [0, 0.05) is 27.4 Å². The number of Topliss-reactive ketones (excluding diaryl/α,β-unsaturated/α-hetero) is 1. The number of para-hydroxylation sites is 1. The molecule has 2 aliphatic rings. The Hall–Kier alpha value is -3.33. The van der Waals surface area contributed by atoms with Crippen molar-refractivity contribution in [2.45, 2.75) is 38.0 Å². The molecule has 0 unspecified atom stereocenters. The van der Waals surface area contributed by atoms with E-state index in [1.807, 2.05) is 47.4 Å². The topological polar surface area (TPSA) is 70.1 Å². The van der Waals surface area contributed by atoms with E-state index in [9.17, 15) is 10.1 Å². The van der Waals surface area contributed by atoms with Crippen LogP contribution in [0.15, 0.2) is 89.4 Å². The summed E-state index contributed by atoms with van der Waals surface area (Å²) in [5, 5.41) is 10.7. The average Bonchev–Trinajstić information content (AvgIpc) is 3.33. The molecule has 6 heteroatoms. The number of halogens is 1. The Balaban J connectivity index is 1.73. The van der Waals surface area contributed by atoms with Crippen molar-refractivity contribution >= 4 is 34.4 Å². The standard InChI is InChI=1S/C28H24ClN3OS/c1-2-19-12-13-25(34-19)26-20(16-30)28(31)32(22-11-7-6-10-21(22)29)23-14-18(15-24(33)27(23)26)17-8-4-3-5-9-17/h3-13,18,26H,2,14-15,31H2,1H3/t18-,26+/m1/s1. The summed E-state index contributed by atoms with van der Waals surface area (Å²) in [7, 11) is 0. The van der Waals surface area contributed by atoms with Crippen molar-refractivity contribution in [3.63, 3.8) is 0 Å². The highest BCUT2D eigenvalue weighted by molar-refractivity contribution is 7.12. The van der Waals surface area contributed by atoms with Gasteiger partial charge in [-0.2, -0.15) is 5.26 Å². The number of hydrogen-bond acceptors (Lipinski definition) is 5. The van der Waals surface area contributed by atoms with Gasteiger partial charge in [0.1, 0.15) is 5.82 Å². The normalized spacial score (nSPS) is 20.4. The second-order valence-corrected chi connectivity index (χ2v) is 10.2. The van der Waals surface area contributed by atoms with Crippen LogP contribution in [0.1, 0.15) is 46.9 Å². The van der Waals surface area contributed by atoms with Gasteiger partial charge in [0.2, 0.25) is 0 Å². The number of aryl methyl sites for hydroxylation is 1. The number of thiophene rings is 1. The largest absolute Gasteiger partial charge is 0.384 e. The number of benzene rings is 2. The minimum atomic E-state index is -0.451. The van der Waals surface area contributed by atoms with Gasteiger partial charge in [0.15, 0.2) is 5.78 Å². The number of allylic oxidation sites excluding steroid dienone is 3. The van der Waals surface area contributed by atoms with Gasteiger partial charge in [-0.15, -0.1) is 11.3 Å². The van der Waals surface area contributed by atoms with E-state index < -0.39 is 5.92 Å². The molecule has 0 amide bonds. The summed E-state index contributed by atoms with van der Waals surface area (Å²) in [5.41, 5.74) is 10.4. The van der Waals surface area contributed by atoms with Gasteiger partial charge >= 0.3 is 0 Å². The Morgan fingerprint density at radius 2 is 1.82 bits per heavy atom. The monoisotopic (exact) mass is 485 g/mol. The van der Waals surface area contributed by atoms with Crippen LogP contribution in [0.4, 0.5) is 5.69 Å². The molecule has 0 saturated carbocycles. The predicted molar refractivity (Wildman–Crippen MR) is 138 cm³/mol. The third kappa shape index (κ3) is 3.73. The number of carbonyl (C=O) groups is 1. The summed E-state index contributed by atoms with van der Waals surface area (Å²) in [4.78, 5) is 17.9. The molecule has 34 heavy (non-hydrogen) atoms. The number of carbonyl (C=O) groups excluding carboxylic acids is 1. The summed E-state index contributed by atoms with van der Waals surface area (Å²) in [6, 6.07) is 24.0. The van der Waals surface area contributed by atoms with Crippen molar-refractivity contribution in [1.29, 1.82) is 5.26 Å². The van der Waals surface area contributed by atoms with Crippen LogP contribution < -0.4 is 10.6 Å². The number of nitrogens with zero attached hydrogens (tertiary/aromatic N) is 2. The molecule has 4 nitrogen and oxygen atoms in total. The highest BCUT2D eigenvalue weighted by atomic mass is 35.5. The van der Waals surface area contributed by atoms with E-state index in [1.165, 1.54) is 4.88 Å². The van der Waals surface area contributed by atoms with E-state index >= 15 is 0 Å². The first-order chi connectivity index (χ1) is 16.5. The molecule has 0 saturated heterocycles. The molecular formula is C28H24ClN3OS. The van der Waals surface area contributed by atoms with Crippen LogP contribution in [0, 0.1) is 11.3 Å². The molecule has 1 aliphatic carbocycles. The van der Waals surface area contributed by atoms with Crippen LogP contribution in [0.3, 0.4) is 0 Å². The number of hydrogen-bond donors (Lipinski definition) is 1. The molecule has 2 heterocycles. The Labute approximate surface area is 208 Å². The third-order valence-corrected chi connectivity index (χ3v) is 8.26. The van der Waals surface area contributed by atoms with Gasteiger partial charge in [-0.1, -0.05) is 61.0 Å². The molecule has 170 valence electrons. The first kappa shape index (κ1) is 22.5. The van der Waals surface area contributed by atoms with Crippen molar-refractivity contribution in [2.75, 3.05) is 4.90 Å². The lowest BCUT2D eigenvalue weighted by Gasteiger charge is -2.41. The van der Waals surface area contributed by atoms with Crippen LogP contribution in [-0.2, 0) is 11.2 Å². The zero-order valence-electron chi connectivity index (χ0n) is 18.8. The number of nitriles is 1. The fourth-order valence-electron chi connectivity index (χ4n) is 5.02. The highest BCUT2D eigenvalue weighted by Crippen LogP contribution is 2.51. The van der Waals surface area contributed by atoms with Gasteiger partial charge in [-0.05, 0) is 48.6 Å². The number of ketones is 1. The van der Waals surface area contributed by atoms with Crippen LogP contribution in [0.5, 0.6) is 0 Å². The number of rotatable bonds is 4. The highest BCUT2D eigenvalue weighted by Gasteiger charge is 2.43. The lowest BCUT2D eigenvalue weighted by molar-refractivity contribution is -0.116. The smallest absolute Gasteiger partial charge is 0.162 e. The van der Waals surface area contributed by atoms with Crippen molar-refractivity contribution < 1.29 is 4.79 Å². The molecule has 2 aromatic carbocycles. The second-order valence-electron chi connectivity index (χ2n) is 8.59. The maximum Gasteiger partial charge on any atom is 0.162 e. The Bertz CT molecular complexity index is 1370. The summed E-state index contributed by atoms with van der Waals surface area (Å²) < 4.78 is 0. The first-order valence-corrected chi connectivity index (χ1v) is 12.6. The minimum absolute atomic E-state index is 0.0315. The fraction of sp³-hybridized carbons (Fsp3) is 0.214.